The van der Waals surface area contributed by atoms with Crippen molar-refractivity contribution < 1.29 is 9.47 Å². The van der Waals surface area contributed by atoms with E-state index in [1.807, 2.05) is 84.2 Å². The highest BCUT2D eigenvalue weighted by Gasteiger charge is 1.97. The fourth-order valence-corrected chi connectivity index (χ4v) is 3.99. The number of thioether (sulfide) groups is 2. The molecule has 2 aromatic carbocycles. The molecule has 0 fully saturated rings. The van der Waals surface area contributed by atoms with Crippen molar-refractivity contribution in [3.8, 4) is 11.5 Å². The van der Waals surface area contributed by atoms with E-state index in [2.05, 4.69) is 13.2 Å². The van der Waals surface area contributed by atoms with Gasteiger partial charge in [0.25, 0.3) is 0 Å². The van der Waals surface area contributed by atoms with Crippen LogP contribution < -0.4 is 9.47 Å². The van der Waals surface area contributed by atoms with E-state index in [-0.39, 0.29) is 0 Å². The number of hydrogen-bond donors (Lipinski definition) is 0. The predicted molar refractivity (Wildman–Crippen MR) is 123 cm³/mol. The van der Waals surface area contributed by atoms with E-state index in [4.69, 9.17) is 9.47 Å². The molecule has 2 rings (SSSR count). The molecule has 0 aliphatic heterocycles. The minimum Gasteiger partial charge on any atom is -0.493 e. The van der Waals surface area contributed by atoms with Crippen LogP contribution in [0.2, 0.25) is 0 Å². The lowest BCUT2D eigenvalue weighted by Crippen LogP contribution is -2.02. The molecule has 0 aromatic heterocycles. The van der Waals surface area contributed by atoms with Crippen molar-refractivity contribution in [2.24, 2.45) is 0 Å². The smallest absolute Gasteiger partial charge is 0.119 e. The molecule has 4 heteroatoms. The maximum Gasteiger partial charge on any atom is 0.119 e. The molecule has 0 saturated heterocycles. The number of ether oxygens (including phenoxy) is 2. The lowest BCUT2D eigenvalue weighted by atomic mass is 10.2. The fourth-order valence-electron chi connectivity index (χ4n) is 2.30. The van der Waals surface area contributed by atoms with Crippen LogP contribution in [-0.4, -0.2) is 36.2 Å². The zero-order valence-corrected chi connectivity index (χ0v) is 17.4. The van der Waals surface area contributed by atoms with E-state index in [0.717, 1.165) is 47.3 Å². The highest BCUT2D eigenvalue weighted by Crippen LogP contribution is 2.15. The van der Waals surface area contributed by atoms with Gasteiger partial charge in [0.1, 0.15) is 11.5 Å². The summed E-state index contributed by atoms with van der Waals surface area (Å²) in [4.78, 5) is 0. The third-order valence-electron chi connectivity index (χ3n) is 3.80. The molecule has 0 atom stereocenters. The second-order valence-electron chi connectivity index (χ2n) is 5.82. The Morgan fingerprint density at radius 1 is 0.630 bits per heavy atom. The average molecular weight is 401 g/mol. The molecule has 0 amide bonds. The largest absolute Gasteiger partial charge is 0.493 e. The van der Waals surface area contributed by atoms with Crippen LogP contribution >= 0.6 is 23.5 Å². The van der Waals surface area contributed by atoms with E-state index in [0.29, 0.717) is 0 Å². The van der Waals surface area contributed by atoms with Crippen LogP contribution in [0.3, 0.4) is 0 Å². The quantitative estimate of drug-likeness (QED) is 0.347. The van der Waals surface area contributed by atoms with Gasteiger partial charge in [-0.2, -0.15) is 23.5 Å². The summed E-state index contributed by atoms with van der Waals surface area (Å²) in [5.41, 5.74) is 2.23. The summed E-state index contributed by atoms with van der Waals surface area (Å²) in [5.74, 6) is 6.26. The Morgan fingerprint density at radius 2 is 1.04 bits per heavy atom. The van der Waals surface area contributed by atoms with Crippen LogP contribution in [0.4, 0.5) is 0 Å². The van der Waals surface area contributed by atoms with Crippen molar-refractivity contribution >= 4 is 35.7 Å². The zero-order valence-electron chi connectivity index (χ0n) is 15.8. The zero-order chi connectivity index (χ0) is 19.2. The monoisotopic (exact) mass is 400 g/mol. The first-order chi connectivity index (χ1) is 13.3. The molecule has 0 saturated carbocycles. The fraction of sp³-hybridized carbons (Fsp3) is 0.304. The van der Waals surface area contributed by atoms with Gasteiger partial charge in [0, 0.05) is 11.5 Å². The predicted octanol–water partition coefficient (Wildman–Crippen LogP) is 6.29. The summed E-state index contributed by atoms with van der Waals surface area (Å²) in [6, 6.07) is 16.1. The number of hydrogen-bond acceptors (Lipinski definition) is 4. The average Bonchev–Trinajstić information content (AvgIpc) is 2.73. The van der Waals surface area contributed by atoms with Gasteiger partial charge in [-0.05, 0) is 53.3 Å². The Bertz CT molecular complexity index is 606. The summed E-state index contributed by atoms with van der Waals surface area (Å²) in [6.45, 7) is 9.01. The molecule has 0 N–H and O–H groups in total. The van der Waals surface area contributed by atoms with Gasteiger partial charge in [0.05, 0.1) is 13.2 Å². The van der Waals surface area contributed by atoms with Crippen molar-refractivity contribution in [1.29, 1.82) is 0 Å². The Morgan fingerprint density at radius 3 is 1.41 bits per heavy atom. The lowest BCUT2D eigenvalue weighted by molar-refractivity contribution is 0.344. The van der Waals surface area contributed by atoms with E-state index < -0.39 is 0 Å². The number of rotatable bonds is 14. The molecule has 2 nitrogen and oxygen atoms in total. The Hall–Kier alpha value is -1.78. The summed E-state index contributed by atoms with van der Waals surface area (Å²) < 4.78 is 11.5. The van der Waals surface area contributed by atoms with Crippen molar-refractivity contribution in [1.82, 2.24) is 0 Å². The van der Waals surface area contributed by atoms with Crippen molar-refractivity contribution in [3.05, 3.63) is 72.8 Å². The van der Waals surface area contributed by atoms with E-state index >= 15 is 0 Å². The standard InChI is InChI=1S/C23H28O2S2/c1-3-20-6-10-22(11-7-20)24-14-18-26-16-5-17-27-19-15-25-23-12-8-21(4-2)9-13-23/h3-4,6-13H,1-2,5,14-19H2. The van der Waals surface area contributed by atoms with Gasteiger partial charge in [-0.15, -0.1) is 0 Å². The molecular weight excluding hydrogens is 372 g/mol. The Balaban J connectivity index is 1.39. The van der Waals surface area contributed by atoms with Crippen LogP contribution in [-0.2, 0) is 0 Å². The molecule has 0 unspecified atom stereocenters. The van der Waals surface area contributed by atoms with Gasteiger partial charge >= 0.3 is 0 Å². The molecule has 0 spiro atoms. The molecule has 27 heavy (non-hydrogen) atoms. The van der Waals surface area contributed by atoms with Crippen LogP contribution in [0.1, 0.15) is 17.5 Å². The van der Waals surface area contributed by atoms with Crippen molar-refractivity contribution in [2.45, 2.75) is 6.42 Å². The van der Waals surface area contributed by atoms with Crippen LogP contribution in [0.15, 0.2) is 61.7 Å². The molecule has 0 bridgehead atoms. The van der Waals surface area contributed by atoms with Gasteiger partial charge in [-0.1, -0.05) is 49.6 Å². The Kier molecular flexibility index (Phi) is 10.7. The minimum absolute atomic E-state index is 0.754. The van der Waals surface area contributed by atoms with Crippen LogP contribution in [0.5, 0.6) is 11.5 Å². The minimum atomic E-state index is 0.754. The summed E-state index contributed by atoms with van der Waals surface area (Å²) in [5, 5.41) is 0. The van der Waals surface area contributed by atoms with Gasteiger partial charge in [0.2, 0.25) is 0 Å². The van der Waals surface area contributed by atoms with Gasteiger partial charge in [-0.3, -0.25) is 0 Å². The third kappa shape index (κ3) is 9.12. The summed E-state index contributed by atoms with van der Waals surface area (Å²) in [6.07, 6.45) is 4.89. The molecule has 0 radical (unpaired) electrons. The second-order valence-corrected chi connectivity index (χ2v) is 8.27. The van der Waals surface area contributed by atoms with Gasteiger partial charge in [-0.25, -0.2) is 0 Å². The van der Waals surface area contributed by atoms with Gasteiger partial charge in [0.15, 0.2) is 0 Å². The highest BCUT2D eigenvalue weighted by molar-refractivity contribution is 8.00. The topological polar surface area (TPSA) is 18.5 Å². The van der Waals surface area contributed by atoms with E-state index in [1.54, 1.807) is 0 Å². The first kappa shape index (κ1) is 21.5. The molecule has 0 aliphatic rings. The molecule has 0 aliphatic carbocycles. The maximum absolute atomic E-state index is 5.74. The molecule has 144 valence electrons. The molecular formula is C23H28O2S2. The highest BCUT2D eigenvalue weighted by atomic mass is 32.2. The van der Waals surface area contributed by atoms with E-state index in [1.165, 1.54) is 17.9 Å². The first-order valence-electron chi connectivity index (χ1n) is 9.18. The van der Waals surface area contributed by atoms with E-state index in [9.17, 15) is 0 Å². The molecule has 2 aromatic rings. The Labute approximate surface area is 172 Å². The van der Waals surface area contributed by atoms with Crippen LogP contribution in [0.25, 0.3) is 12.2 Å². The summed E-state index contributed by atoms with van der Waals surface area (Å²) in [7, 11) is 0. The maximum atomic E-state index is 5.74. The normalized spacial score (nSPS) is 10.4. The first-order valence-corrected chi connectivity index (χ1v) is 11.5. The lowest BCUT2D eigenvalue weighted by Gasteiger charge is -2.07. The number of benzene rings is 2. The third-order valence-corrected chi connectivity index (χ3v) is 5.87. The van der Waals surface area contributed by atoms with Crippen molar-refractivity contribution in [3.63, 3.8) is 0 Å². The van der Waals surface area contributed by atoms with Crippen molar-refractivity contribution in [2.75, 3.05) is 36.2 Å². The summed E-state index contributed by atoms with van der Waals surface area (Å²) >= 11 is 3.90. The SMILES string of the molecule is C=Cc1ccc(OCCSCCCSCCOc2ccc(C=C)cc2)cc1. The van der Waals surface area contributed by atoms with Gasteiger partial charge < -0.3 is 9.47 Å². The second kappa shape index (κ2) is 13.4. The van der Waals surface area contributed by atoms with Crippen LogP contribution in [0, 0.1) is 0 Å². The molecule has 0 heterocycles.